The van der Waals surface area contributed by atoms with Crippen LogP contribution in [0.15, 0.2) is 23.8 Å². The number of allylic oxidation sites excluding steroid dienone is 2. The van der Waals surface area contributed by atoms with Crippen LogP contribution in [0.3, 0.4) is 0 Å². The lowest BCUT2D eigenvalue weighted by Gasteiger charge is -2.47. The zero-order valence-corrected chi connectivity index (χ0v) is 25.1. The van der Waals surface area contributed by atoms with Crippen molar-refractivity contribution in [2.45, 2.75) is 149 Å². The summed E-state index contributed by atoms with van der Waals surface area (Å²) in [5.41, 5.74) is 4.16. The fraction of sp³-hybridized carbons (Fsp3) is 0.750. The molecule has 0 N–H and O–H groups in total. The second-order valence-electron chi connectivity index (χ2n) is 12.1. The highest BCUT2D eigenvalue weighted by Crippen LogP contribution is 2.54. The Labute approximate surface area is 218 Å². The first kappa shape index (κ1) is 28.3. The first-order chi connectivity index (χ1) is 16.8. The van der Waals surface area contributed by atoms with E-state index in [1.54, 1.807) is 0 Å². The summed E-state index contributed by atoms with van der Waals surface area (Å²) < 4.78 is 14.2. The van der Waals surface area contributed by atoms with Gasteiger partial charge in [-0.25, -0.2) is 0 Å². The van der Waals surface area contributed by atoms with Crippen LogP contribution in [0.1, 0.15) is 130 Å². The molecule has 3 rings (SSSR count). The standard InChI is InChI=1S/C32H54O2Si/c1-8-12-13-14-15-16-26-23-29-31(27-22-25(5)17-18-28(27)32(6,7)33-29)30(24-26)34-35(19-9-2,20-10-3)21-11-4/h22-24,27-28H,8-21H2,1-7H3. The average molecular weight is 499 g/mol. The first-order valence-electron chi connectivity index (χ1n) is 15.0. The molecule has 1 aliphatic heterocycles. The van der Waals surface area contributed by atoms with Crippen LogP contribution in [-0.4, -0.2) is 13.9 Å². The van der Waals surface area contributed by atoms with Crippen molar-refractivity contribution in [3.05, 3.63) is 34.9 Å². The van der Waals surface area contributed by atoms with Gasteiger partial charge in [-0.15, -0.1) is 0 Å². The molecular formula is C32H54O2Si. The number of aryl methyl sites for hydroxylation is 1. The number of ether oxygens (including phenoxy) is 1. The summed E-state index contributed by atoms with van der Waals surface area (Å²) in [6, 6.07) is 8.61. The van der Waals surface area contributed by atoms with E-state index in [2.05, 4.69) is 66.7 Å². The Morgan fingerprint density at radius 1 is 0.914 bits per heavy atom. The monoisotopic (exact) mass is 498 g/mol. The largest absolute Gasteiger partial charge is 0.543 e. The van der Waals surface area contributed by atoms with E-state index in [1.807, 2.05) is 0 Å². The van der Waals surface area contributed by atoms with Crippen LogP contribution < -0.4 is 9.16 Å². The minimum atomic E-state index is -1.85. The van der Waals surface area contributed by atoms with Crippen LogP contribution in [0.2, 0.25) is 18.1 Å². The fourth-order valence-corrected chi connectivity index (χ4v) is 11.3. The number of hydrogen-bond acceptors (Lipinski definition) is 2. The summed E-state index contributed by atoms with van der Waals surface area (Å²) in [5.74, 6) is 3.22. The van der Waals surface area contributed by atoms with Crippen molar-refractivity contribution < 1.29 is 9.16 Å². The van der Waals surface area contributed by atoms with Crippen LogP contribution in [0.25, 0.3) is 0 Å². The number of benzene rings is 1. The van der Waals surface area contributed by atoms with Crippen molar-refractivity contribution in [1.29, 1.82) is 0 Å². The Hall–Kier alpha value is -1.22. The van der Waals surface area contributed by atoms with Gasteiger partial charge in [0.15, 0.2) is 0 Å². The SMILES string of the molecule is CCCCCCCc1cc2c(c(O[Si](CCC)(CCC)CCC)c1)C1C=C(C)CCC1C(C)(C)O2. The maximum absolute atomic E-state index is 7.39. The highest BCUT2D eigenvalue weighted by molar-refractivity contribution is 6.74. The molecule has 2 atom stereocenters. The molecule has 198 valence electrons. The van der Waals surface area contributed by atoms with Gasteiger partial charge in [0, 0.05) is 17.4 Å². The molecule has 0 amide bonds. The van der Waals surface area contributed by atoms with Gasteiger partial charge in [-0.2, -0.15) is 0 Å². The van der Waals surface area contributed by atoms with Gasteiger partial charge in [0.1, 0.15) is 17.1 Å². The van der Waals surface area contributed by atoms with E-state index in [-0.39, 0.29) is 5.60 Å². The normalized spacial score (nSPS) is 21.1. The third-order valence-electron chi connectivity index (χ3n) is 8.52. The molecule has 0 spiro atoms. The predicted octanol–water partition coefficient (Wildman–Crippen LogP) is 10.4. The predicted molar refractivity (Wildman–Crippen MR) is 155 cm³/mol. The minimum absolute atomic E-state index is 0.142. The van der Waals surface area contributed by atoms with Gasteiger partial charge in [0.05, 0.1) is 0 Å². The van der Waals surface area contributed by atoms with Gasteiger partial charge >= 0.3 is 0 Å². The van der Waals surface area contributed by atoms with Crippen molar-refractivity contribution in [3.8, 4) is 11.5 Å². The number of unbranched alkanes of at least 4 members (excludes halogenated alkanes) is 4. The molecule has 0 aromatic heterocycles. The molecular weight excluding hydrogens is 444 g/mol. The minimum Gasteiger partial charge on any atom is -0.543 e. The van der Waals surface area contributed by atoms with Gasteiger partial charge in [0.2, 0.25) is 0 Å². The molecule has 0 bridgehead atoms. The van der Waals surface area contributed by atoms with Gasteiger partial charge in [-0.3, -0.25) is 0 Å². The zero-order chi connectivity index (χ0) is 25.5. The second kappa shape index (κ2) is 12.8. The van der Waals surface area contributed by atoms with Crippen molar-refractivity contribution in [2.75, 3.05) is 0 Å². The van der Waals surface area contributed by atoms with Crippen molar-refractivity contribution in [3.63, 3.8) is 0 Å². The van der Waals surface area contributed by atoms with Crippen LogP contribution in [0, 0.1) is 5.92 Å². The average Bonchev–Trinajstić information content (AvgIpc) is 2.78. The Morgan fingerprint density at radius 2 is 1.57 bits per heavy atom. The molecule has 3 heteroatoms. The highest BCUT2D eigenvalue weighted by Gasteiger charge is 2.46. The molecule has 0 saturated heterocycles. The smallest absolute Gasteiger partial charge is 0.251 e. The molecule has 2 unspecified atom stereocenters. The number of rotatable bonds is 14. The lowest BCUT2D eigenvalue weighted by Crippen LogP contribution is -2.46. The first-order valence-corrected chi connectivity index (χ1v) is 17.5. The molecule has 1 aliphatic carbocycles. The Balaban J connectivity index is 2.05. The van der Waals surface area contributed by atoms with Crippen LogP contribution in [0.5, 0.6) is 11.5 Å². The molecule has 0 fully saturated rings. The molecule has 1 aromatic carbocycles. The van der Waals surface area contributed by atoms with Crippen LogP contribution in [-0.2, 0) is 6.42 Å². The van der Waals surface area contributed by atoms with Crippen molar-refractivity contribution >= 4 is 8.32 Å². The third kappa shape index (κ3) is 6.96. The van der Waals surface area contributed by atoms with E-state index in [0.717, 1.165) is 12.2 Å². The Morgan fingerprint density at radius 3 is 2.20 bits per heavy atom. The van der Waals surface area contributed by atoms with Gasteiger partial charge in [0.25, 0.3) is 8.32 Å². The van der Waals surface area contributed by atoms with E-state index >= 15 is 0 Å². The lowest BCUT2D eigenvalue weighted by atomic mass is 9.68. The van der Waals surface area contributed by atoms with E-state index < -0.39 is 8.32 Å². The summed E-state index contributed by atoms with van der Waals surface area (Å²) in [4.78, 5) is 0. The summed E-state index contributed by atoms with van der Waals surface area (Å²) in [7, 11) is -1.85. The molecule has 0 radical (unpaired) electrons. The summed E-state index contributed by atoms with van der Waals surface area (Å²) in [6.07, 6.45) is 16.3. The highest BCUT2D eigenvalue weighted by atomic mass is 28.4. The maximum atomic E-state index is 7.39. The zero-order valence-electron chi connectivity index (χ0n) is 24.1. The maximum Gasteiger partial charge on any atom is 0.251 e. The Bertz CT molecular complexity index is 823. The van der Waals surface area contributed by atoms with Gasteiger partial charge in [-0.05, 0) is 82.3 Å². The van der Waals surface area contributed by atoms with E-state index in [1.165, 1.54) is 105 Å². The van der Waals surface area contributed by atoms with E-state index in [0.29, 0.717) is 11.8 Å². The third-order valence-corrected chi connectivity index (χ3v) is 13.4. The fourth-order valence-electron chi connectivity index (χ4n) is 6.85. The van der Waals surface area contributed by atoms with E-state index in [4.69, 9.17) is 9.16 Å². The topological polar surface area (TPSA) is 18.5 Å². The van der Waals surface area contributed by atoms with Gasteiger partial charge in [-0.1, -0.05) is 84.3 Å². The van der Waals surface area contributed by atoms with Crippen molar-refractivity contribution in [2.24, 2.45) is 5.92 Å². The molecule has 35 heavy (non-hydrogen) atoms. The summed E-state index contributed by atoms with van der Waals surface area (Å²) in [5, 5.41) is 0. The molecule has 1 heterocycles. The van der Waals surface area contributed by atoms with Crippen LogP contribution >= 0.6 is 0 Å². The molecule has 2 nitrogen and oxygen atoms in total. The number of hydrogen-bond donors (Lipinski definition) is 0. The van der Waals surface area contributed by atoms with Crippen LogP contribution in [0.4, 0.5) is 0 Å². The summed E-state index contributed by atoms with van der Waals surface area (Å²) in [6.45, 7) is 16.2. The van der Waals surface area contributed by atoms with Gasteiger partial charge < -0.3 is 9.16 Å². The molecule has 2 aliphatic rings. The van der Waals surface area contributed by atoms with E-state index in [9.17, 15) is 0 Å². The molecule has 0 saturated carbocycles. The van der Waals surface area contributed by atoms with Crippen molar-refractivity contribution in [1.82, 2.24) is 0 Å². The summed E-state index contributed by atoms with van der Waals surface area (Å²) >= 11 is 0. The quantitative estimate of drug-likeness (QED) is 0.144. The number of fused-ring (bicyclic) bond motifs is 3. The Kier molecular flexibility index (Phi) is 10.4. The second-order valence-corrected chi connectivity index (χ2v) is 16.2. The molecule has 1 aromatic rings. The lowest BCUT2D eigenvalue weighted by molar-refractivity contribution is 0.0110.